The maximum atomic E-state index is 6.27. The van der Waals surface area contributed by atoms with Crippen molar-refractivity contribution in [3.8, 4) is 0 Å². The Bertz CT molecular complexity index is 557. The van der Waals surface area contributed by atoms with E-state index < -0.39 is 0 Å². The number of hydrogen-bond donors (Lipinski definition) is 1. The summed E-state index contributed by atoms with van der Waals surface area (Å²) in [7, 11) is 0. The Morgan fingerprint density at radius 1 is 1.22 bits per heavy atom. The first-order valence-corrected chi connectivity index (χ1v) is 6.18. The van der Waals surface area contributed by atoms with E-state index in [-0.39, 0.29) is 6.04 Å². The van der Waals surface area contributed by atoms with E-state index in [0.29, 0.717) is 6.54 Å². The molecule has 0 amide bonds. The fourth-order valence-electron chi connectivity index (χ4n) is 2.26. The van der Waals surface area contributed by atoms with Crippen molar-refractivity contribution in [1.82, 2.24) is 14.8 Å². The minimum atomic E-state index is -0.0506. The normalized spacial score (nSPS) is 12.7. The molecule has 0 aliphatic carbocycles. The second kappa shape index (κ2) is 4.90. The first kappa shape index (κ1) is 12.8. The van der Waals surface area contributed by atoms with Gasteiger partial charge in [0, 0.05) is 6.04 Å². The molecule has 1 heterocycles. The quantitative estimate of drug-likeness (QED) is 0.900. The second-order valence-corrected chi connectivity index (χ2v) is 4.85. The van der Waals surface area contributed by atoms with Gasteiger partial charge in [-0.1, -0.05) is 23.8 Å². The molecule has 0 bridgehead atoms. The second-order valence-electron chi connectivity index (χ2n) is 4.85. The highest BCUT2D eigenvalue weighted by molar-refractivity contribution is 5.32. The summed E-state index contributed by atoms with van der Waals surface area (Å²) in [6.45, 7) is 8.70. The predicted molar refractivity (Wildman–Crippen MR) is 72.3 cm³/mol. The average molecular weight is 244 g/mol. The molecule has 4 heteroatoms. The van der Waals surface area contributed by atoms with Gasteiger partial charge in [0.15, 0.2) is 0 Å². The van der Waals surface area contributed by atoms with E-state index in [4.69, 9.17) is 5.73 Å². The van der Waals surface area contributed by atoms with Gasteiger partial charge in [-0.3, -0.25) is 0 Å². The van der Waals surface area contributed by atoms with Crippen LogP contribution >= 0.6 is 0 Å². The third-order valence-electron chi connectivity index (χ3n) is 3.16. The minimum absolute atomic E-state index is 0.0506. The Kier molecular flexibility index (Phi) is 3.48. The summed E-state index contributed by atoms with van der Waals surface area (Å²) in [6, 6.07) is 6.32. The van der Waals surface area contributed by atoms with E-state index in [1.165, 1.54) is 16.7 Å². The molecule has 18 heavy (non-hydrogen) atoms. The summed E-state index contributed by atoms with van der Waals surface area (Å²) >= 11 is 0. The van der Waals surface area contributed by atoms with Crippen molar-refractivity contribution < 1.29 is 0 Å². The topological polar surface area (TPSA) is 56.7 Å². The van der Waals surface area contributed by atoms with Crippen LogP contribution in [0.5, 0.6) is 0 Å². The van der Waals surface area contributed by atoms with Gasteiger partial charge in [-0.2, -0.15) is 5.10 Å². The van der Waals surface area contributed by atoms with Gasteiger partial charge in [-0.15, -0.1) is 0 Å². The molecule has 2 aromatic rings. The van der Waals surface area contributed by atoms with Crippen LogP contribution in [0, 0.1) is 27.7 Å². The monoisotopic (exact) mass is 244 g/mol. The molecule has 0 saturated carbocycles. The molecule has 4 nitrogen and oxygen atoms in total. The standard InChI is InChI=1S/C14H20N4/c1-9-5-6-13(10(2)7-9)14(15)8-18-12(4)16-11(3)17-18/h5-7,14H,8,15H2,1-4H3. The van der Waals surface area contributed by atoms with Crippen LogP contribution < -0.4 is 5.73 Å². The molecule has 0 saturated heterocycles. The van der Waals surface area contributed by atoms with Gasteiger partial charge in [0.2, 0.25) is 0 Å². The van der Waals surface area contributed by atoms with Gasteiger partial charge >= 0.3 is 0 Å². The Morgan fingerprint density at radius 2 is 1.94 bits per heavy atom. The van der Waals surface area contributed by atoms with Crippen LogP contribution in [-0.2, 0) is 6.54 Å². The molecule has 96 valence electrons. The highest BCUT2D eigenvalue weighted by Crippen LogP contribution is 2.18. The van der Waals surface area contributed by atoms with E-state index in [0.717, 1.165) is 11.6 Å². The number of nitrogens with zero attached hydrogens (tertiary/aromatic N) is 3. The Hall–Kier alpha value is -1.68. The Labute approximate surface area is 108 Å². The number of nitrogens with two attached hydrogens (primary N) is 1. The molecule has 2 rings (SSSR count). The van der Waals surface area contributed by atoms with Crippen LogP contribution in [0.15, 0.2) is 18.2 Å². The highest BCUT2D eigenvalue weighted by atomic mass is 15.3. The summed E-state index contributed by atoms with van der Waals surface area (Å²) in [5, 5.41) is 4.35. The lowest BCUT2D eigenvalue weighted by molar-refractivity contribution is 0.512. The van der Waals surface area contributed by atoms with Gasteiger partial charge in [-0.25, -0.2) is 9.67 Å². The third kappa shape index (κ3) is 2.59. The molecule has 0 aliphatic heterocycles. The number of aromatic nitrogens is 3. The van der Waals surface area contributed by atoms with Gasteiger partial charge in [0.05, 0.1) is 6.54 Å². The first-order valence-electron chi connectivity index (χ1n) is 6.18. The first-order chi connectivity index (χ1) is 8.47. The Balaban J connectivity index is 2.21. The molecule has 1 unspecified atom stereocenters. The zero-order valence-electron chi connectivity index (χ0n) is 11.4. The molecule has 0 spiro atoms. The van der Waals surface area contributed by atoms with Crippen molar-refractivity contribution in [2.75, 3.05) is 0 Å². The molecular formula is C14H20N4. The van der Waals surface area contributed by atoms with Crippen molar-refractivity contribution >= 4 is 0 Å². The van der Waals surface area contributed by atoms with Crippen LogP contribution in [0.1, 0.15) is 34.4 Å². The van der Waals surface area contributed by atoms with Crippen LogP contribution in [0.4, 0.5) is 0 Å². The number of rotatable bonds is 3. The molecule has 0 aliphatic rings. The average Bonchev–Trinajstić information content (AvgIpc) is 2.57. The maximum absolute atomic E-state index is 6.27. The SMILES string of the molecule is Cc1ccc(C(N)Cn2nc(C)nc2C)c(C)c1. The van der Waals surface area contributed by atoms with Crippen LogP contribution in [0.25, 0.3) is 0 Å². The van der Waals surface area contributed by atoms with Crippen molar-refractivity contribution in [3.63, 3.8) is 0 Å². The van der Waals surface area contributed by atoms with E-state index in [2.05, 4.69) is 42.1 Å². The lowest BCUT2D eigenvalue weighted by Crippen LogP contribution is -2.20. The highest BCUT2D eigenvalue weighted by Gasteiger charge is 2.12. The molecule has 0 fully saturated rings. The van der Waals surface area contributed by atoms with Gasteiger partial charge in [-0.05, 0) is 38.8 Å². The van der Waals surface area contributed by atoms with Crippen molar-refractivity contribution in [3.05, 3.63) is 46.5 Å². The molecule has 1 aromatic heterocycles. The molecule has 1 aromatic carbocycles. The van der Waals surface area contributed by atoms with Crippen molar-refractivity contribution in [1.29, 1.82) is 0 Å². The van der Waals surface area contributed by atoms with Crippen LogP contribution in [0.3, 0.4) is 0 Å². The largest absolute Gasteiger partial charge is 0.322 e. The van der Waals surface area contributed by atoms with Crippen molar-refractivity contribution in [2.45, 2.75) is 40.3 Å². The number of benzene rings is 1. The summed E-state index contributed by atoms with van der Waals surface area (Å²) in [5.74, 6) is 1.70. The summed E-state index contributed by atoms with van der Waals surface area (Å²) < 4.78 is 1.87. The fraction of sp³-hybridized carbons (Fsp3) is 0.429. The Morgan fingerprint density at radius 3 is 2.50 bits per heavy atom. The zero-order chi connectivity index (χ0) is 13.3. The van der Waals surface area contributed by atoms with Gasteiger partial charge < -0.3 is 5.73 Å². The third-order valence-corrected chi connectivity index (χ3v) is 3.16. The molecular weight excluding hydrogens is 224 g/mol. The smallest absolute Gasteiger partial charge is 0.147 e. The molecule has 2 N–H and O–H groups in total. The minimum Gasteiger partial charge on any atom is -0.322 e. The van der Waals surface area contributed by atoms with Crippen LogP contribution in [0.2, 0.25) is 0 Å². The van der Waals surface area contributed by atoms with E-state index in [1.807, 2.05) is 18.5 Å². The number of aryl methyl sites for hydroxylation is 4. The lowest BCUT2D eigenvalue weighted by atomic mass is 10.00. The molecule has 1 atom stereocenters. The van der Waals surface area contributed by atoms with E-state index in [9.17, 15) is 0 Å². The zero-order valence-corrected chi connectivity index (χ0v) is 11.4. The number of hydrogen-bond acceptors (Lipinski definition) is 3. The van der Waals surface area contributed by atoms with Gasteiger partial charge in [0.1, 0.15) is 11.6 Å². The van der Waals surface area contributed by atoms with E-state index >= 15 is 0 Å². The fourth-order valence-corrected chi connectivity index (χ4v) is 2.26. The van der Waals surface area contributed by atoms with Crippen LogP contribution in [-0.4, -0.2) is 14.8 Å². The summed E-state index contributed by atoms with van der Waals surface area (Å²) in [6.07, 6.45) is 0. The predicted octanol–water partition coefficient (Wildman–Crippen LogP) is 2.21. The van der Waals surface area contributed by atoms with Crippen molar-refractivity contribution in [2.24, 2.45) is 5.73 Å². The maximum Gasteiger partial charge on any atom is 0.147 e. The summed E-state index contributed by atoms with van der Waals surface area (Å²) in [5.41, 5.74) is 9.94. The lowest BCUT2D eigenvalue weighted by Gasteiger charge is -2.15. The summed E-state index contributed by atoms with van der Waals surface area (Å²) in [4.78, 5) is 4.29. The molecule has 0 radical (unpaired) electrons. The van der Waals surface area contributed by atoms with E-state index in [1.54, 1.807) is 0 Å². The van der Waals surface area contributed by atoms with Gasteiger partial charge in [0.25, 0.3) is 0 Å².